The minimum atomic E-state index is 0.279. The summed E-state index contributed by atoms with van der Waals surface area (Å²) in [7, 11) is 0. The van der Waals surface area contributed by atoms with Gasteiger partial charge in [0.1, 0.15) is 0 Å². The van der Waals surface area contributed by atoms with Gasteiger partial charge >= 0.3 is 0 Å². The smallest absolute Gasteiger partial charge is 0.0906 e. The third kappa shape index (κ3) is 2.76. The van der Waals surface area contributed by atoms with Crippen LogP contribution in [0.4, 0.5) is 0 Å². The Morgan fingerprint density at radius 2 is 2.15 bits per heavy atom. The molecule has 1 aliphatic heterocycles. The van der Waals surface area contributed by atoms with Crippen molar-refractivity contribution in [1.29, 1.82) is 0 Å². The summed E-state index contributed by atoms with van der Waals surface area (Å²) >= 11 is 0. The molecular formula is C16H21N3O. The highest BCUT2D eigenvalue weighted by molar-refractivity contribution is 5.61. The van der Waals surface area contributed by atoms with Crippen molar-refractivity contribution in [2.45, 2.75) is 25.4 Å². The Bertz CT molecular complexity index is 536. The van der Waals surface area contributed by atoms with Gasteiger partial charge in [0.2, 0.25) is 0 Å². The van der Waals surface area contributed by atoms with E-state index in [0.29, 0.717) is 6.04 Å². The monoisotopic (exact) mass is 271 g/mol. The number of benzene rings is 1. The van der Waals surface area contributed by atoms with Crippen molar-refractivity contribution in [3.05, 3.63) is 42.7 Å². The Balaban J connectivity index is 1.81. The van der Waals surface area contributed by atoms with Crippen molar-refractivity contribution in [2.24, 2.45) is 0 Å². The summed E-state index contributed by atoms with van der Waals surface area (Å²) in [6.07, 6.45) is 5.10. The number of aromatic nitrogens is 2. The number of rotatable bonds is 4. The predicted octanol–water partition coefficient (Wildman–Crippen LogP) is 2.49. The van der Waals surface area contributed by atoms with Gasteiger partial charge in [0, 0.05) is 24.4 Å². The summed E-state index contributed by atoms with van der Waals surface area (Å²) in [5.74, 6) is 0. The van der Waals surface area contributed by atoms with Crippen LogP contribution in [0.5, 0.6) is 0 Å². The molecule has 0 aliphatic carbocycles. The Morgan fingerprint density at radius 1 is 1.30 bits per heavy atom. The van der Waals surface area contributed by atoms with Crippen molar-refractivity contribution in [2.75, 3.05) is 19.8 Å². The largest absolute Gasteiger partial charge is 0.379 e. The molecule has 0 spiro atoms. The van der Waals surface area contributed by atoms with Crippen LogP contribution in [0.3, 0.4) is 0 Å². The molecule has 1 fully saturated rings. The minimum absolute atomic E-state index is 0.279. The summed E-state index contributed by atoms with van der Waals surface area (Å²) in [5, 5.41) is 8.09. The quantitative estimate of drug-likeness (QED) is 0.928. The van der Waals surface area contributed by atoms with E-state index in [-0.39, 0.29) is 6.04 Å². The van der Waals surface area contributed by atoms with E-state index < -0.39 is 0 Å². The summed E-state index contributed by atoms with van der Waals surface area (Å²) in [6, 6.07) is 11.1. The molecule has 3 rings (SSSR count). The Morgan fingerprint density at radius 3 is 2.95 bits per heavy atom. The van der Waals surface area contributed by atoms with Crippen LogP contribution in [-0.4, -0.2) is 35.6 Å². The van der Waals surface area contributed by atoms with Crippen LogP contribution in [0.2, 0.25) is 0 Å². The molecule has 4 nitrogen and oxygen atoms in total. The maximum Gasteiger partial charge on any atom is 0.0906 e. The van der Waals surface area contributed by atoms with Gasteiger partial charge in [0.15, 0.2) is 0 Å². The van der Waals surface area contributed by atoms with Crippen molar-refractivity contribution >= 4 is 0 Å². The first-order valence-corrected chi connectivity index (χ1v) is 7.29. The molecule has 2 unspecified atom stereocenters. The van der Waals surface area contributed by atoms with Crippen LogP contribution < -0.4 is 5.32 Å². The first kappa shape index (κ1) is 13.3. The second kappa shape index (κ2) is 6.20. The van der Waals surface area contributed by atoms with E-state index in [2.05, 4.69) is 52.5 Å². The van der Waals surface area contributed by atoms with Crippen LogP contribution in [0.25, 0.3) is 11.1 Å². The summed E-state index contributed by atoms with van der Waals surface area (Å²) in [6.45, 7) is 4.69. The molecule has 106 valence electrons. The van der Waals surface area contributed by atoms with Gasteiger partial charge in [-0.3, -0.25) is 4.68 Å². The Labute approximate surface area is 119 Å². The summed E-state index contributed by atoms with van der Waals surface area (Å²) in [5.41, 5.74) is 2.36. The zero-order chi connectivity index (χ0) is 13.8. The molecule has 0 radical (unpaired) electrons. The van der Waals surface area contributed by atoms with E-state index in [4.69, 9.17) is 4.74 Å². The first-order valence-electron chi connectivity index (χ1n) is 7.29. The first-order chi connectivity index (χ1) is 9.88. The molecule has 4 heteroatoms. The summed E-state index contributed by atoms with van der Waals surface area (Å²) < 4.78 is 7.68. The third-order valence-corrected chi connectivity index (χ3v) is 3.84. The molecular weight excluding hydrogens is 250 g/mol. The zero-order valence-electron chi connectivity index (χ0n) is 11.8. The third-order valence-electron chi connectivity index (χ3n) is 3.84. The molecule has 1 aromatic carbocycles. The molecule has 1 aliphatic rings. The molecule has 1 saturated heterocycles. The minimum Gasteiger partial charge on any atom is -0.379 e. The van der Waals surface area contributed by atoms with E-state index in [9.17, 15) is 0 Å². The van der Waals surface area contributed by atoms with E-state index in [1.807, 2.05) is 12.3 Å². The Hall–Kier alpha value is -1.65. The standard InChI is InChI=1S/C16H21N3O/c1-2-17-15-8-9-20-12-16(15)19-11-14(10-18-19)13-6-4-3-5-7-13/h3-7,10-11,15-17H,2,8-9,12H2,1H3. The molecule has 0 bridgehead atoms. The number of nitrogens with one attached hydrogen (secondary N) is 1. The number of ether oxygens (including phenoxy) is 1. The second-order valence-corrected chi connectivity index (χ2v) is 5.17. The lowest BCUT2D eigenvalue weighted by Crippen LogP contribution is -2.43. The fraction of sp³-hybridized carbons (Fsp3) is 0.438. The lowest BCUT2D eigenvalue weighted by atomic mass is 10.0. The number of nitrogens with zero attached hydrogens (tertiary/aromatic N) is 2. The predicted molar refractivity (Wildman–Crippen MR) is 79.6 cm³/mol. The maximum atomic E-state index is 5.63. The highest BCUT2D eigenvalue weighted by Gasteiger charge is 2.27. The van der Waals surface area contributed by atoms with Gasteiger partial charge in [0.05, 0.1) is 18.8 Å². The Kier molecular flexibility index (Phi) is 4.14. The molecule has 0 saturated carbocycles. The fourth-order valence-electron chi connectivity index (χ4n) is 2.78. The van der Waals surface area contributed by atoms with E-state index >= 15 is 0 Å². The van der Waals surface area contributed by atoms with Gasteiger partial charge in [-0.25, -0.2) is 0 Å². The maximum absolute atomic E-state index is 5.63. The van der Waals surface area contributed by atoms with E-state index in [0.717, 1.165) is 31.7 Å². The van der Waals surface area contributed by atoms with Gasteiger partial charge in [-0.2, -0.15) is 5.10 Å². The number of hydrogen-bond donors (Lipinski definition) is 1. The van der Waals surface area contributed by atoms with Gasteiger partial charge in [-0.15, -0.1) is 0 Å². The van der Waals surface area contributed by atoms with Gasteiger partial charge in [0.25, 0.3) is 0 Å². The molecule has 1 aromatic heterocycles. The summed E-state index contributed by atoms with van der Waals surface area (Å²) in [4.78, 5) is 0. The molecule has 2 aromatic rings. The van der Waals surface area contributed by atoms with Gasteiger partial charge in [-0.05, 0) is 18.5 Å². The van der Waals surface area contributed by atoms with Crippen LogP contribution in [0, 0.1) is 0 Å². The van der Waals surface area contributed by atoms with Crippen molar-refractivity contribution in [1.82, 2.24) is 15.1 Å². The van der Waals surface area contributed by atoms with Crippen LogP contribution >= 0.6 is 0 Å². The normalized spacial score (nSPS) is 22.9. The van der Waals surface area contributed by atoms with Gasteiger partial charge in [-0.1, -0.05) is 37.3 Å². The molecule has 2 heterocycles. The topological polar surface area (TPSA) is 39.1 Å². The van der Waals surface area contributed by atoms with Crippen LogP contribution in [0.1, 0.15) is 19.4 Å². The average molecular weight is 271 g/mol. The van der Waals surface area contributed by atoms with Crippen molar-refractivity contribution in [3.63, 3.8) is 0 Å². The van der Waals surface area contributed by atoms with Crippen molar-refractivity contribution < 1.29 is 4.74 Å². The number of likely N-dealkylation sites (N-methyl/N-ethyl adjacent to an activating group) is 1. The van der Waals surface area contributed by atoms with Crippen LogP contribution in [-0.2, 0) is 4.74 Å². The van der Waals surface area contributed by atoms with E-state index in [1.165, 1.54) is 5.56 Å². The molecule has 2 atom stereocenters. The lowest BCUT2D eigenvalue weighted by Gasteiger charge is -2.32. The lowest BCUT2D eigenvalue weighted by molar-refractivity contribution is 0.0331. The van der Waals surface area contributed by atoms with Crippen LogP contribution in [0.15, 0.2) is 42.7 Å². The SMILES string of the molecule is CCNC1CCOCC1n1cc(-c2ccccc2)cn1. The highest BCUT2D eigenvalue weighted by atomic mass is 16.5. The number of hydrogen-bond acceptors (Lipinski definition) is 3. The average Bonchev–Trinajstić information content (AvgIpc) is 2.99. The van der Waals surface area contributed by atoms with E-state index in [1.54, 1.807) is 0 Å². The molecule has 1 N–H and O–H groups in total. The van der Waals surface area contributed by atoms with Gasteiger partial charge < -0.3 is 10.1 Å². The molecule has 20 heavy (non-hydrogen) atoms. The van der Waals surface area contributed by atoms with Crippen molar-refractivity contribution in [3.8, 4) is 11.1 Å². The highest BCUT2D eigenvalue weighted by Crippen LogP contribution is 2.24. The fourth-order valence-corrected chi connectivity index (χ4v) is 2.78. The second-order valence-electron chi connectivity index (χ2n) is 5.17. The zero-order valence-corrected chi connectivity index (χ0v) is 11.8. The molecule has 0 amide bonds.